The lowest BCUT2D eigenvalue weighted by Gasteiger charge is -2.37. The fourth-order valence-electron chi connectivity index (χ4n) is 5.92. The van der Waals surface area contributed by atoms with Crippen molar-refractivity contribution in [2.75, 3.05) is 0 Å². The van der Waals surface area contributed by atoms with Crippen molar-refractivity contribution in [3.63, 3.8) is 0 Å². The third-order valence-corrected chi connectivity index (χ3v) is 8.43. The van der Waals surface area contributed by atoms with Crippen molar-refractivity contribution < 1.29 is 0 Å². The van der Waals surface area contributed by atoms with Crippen molar-refractivity contribution in [1.29, 1.82) is 0 Å². The highest BCUT2D eigenvalue weighted by atomic mass is 14.4. The van der Waals surface area contributed by atoms with Gasteiger partial charge in [0.15, 0.2) is 0 Å². The average Bonchev–Trinajstić information content (AvgIpc) is 2.85. The topological polar surface area (TPSA) is 0 Å². The molecule has 0 heterocycles. The highest BCUT2D eigenvalue weighted by Crippen LogP contribution is 2.43. The quantitative estimate of drug-likeness (QED) is 0.180. The second-order valence-corrected chi connectivity index (χ2v) is 13.3. The van der Waals surface area contributed by atoms with Crippen LogP contribution >= 0.6 is 0 Å². The van der Waals surface area contributed by atoms with Crippen LogP contribution in [0.15, 0.2) is 93.7 Å². The van der Waals surface area contributed by atoms with Gasteiger partial charge in [-0.25, -0.2) is 0 Å². The van der Waals surface area contributed by atoms with Crippen LogP contribution in [0.25, 0.3) is 0 Å². The lowest BCUT2D eigenvalue weighted by Crippen LogP contribution is -2.24. The minimum atomic E-state index is 0.281. The number of hydrogen-bond acceptors (Lipinski definition) is 0. The SMILES string of the molecule is CC1=C(/C=C/C(C)=C/C=C/C(C)=C/C#C/C=C(\C)C#C/C=C(/C)C/C=C2/C(C)CCCC2(C)C)C(C)(C)CCC1. The molecule has 0 spiro atoms. The summed E-state index contributed by atoms with van der Waals surface area (Å²) in [6.45, 7) is 22.6. The van der Waals surface area contributed by atoms with Crippen molar-refractivity contribution in [2.24, 2.45) is 16.7 Å². The summed E-state index contributed by atoms with van der Waals surface area (Å²) in [7, 11) is 0. The summed E-state index contributed by atoms with van der Waals surface area (Å²) in [4.78, 5) is 0. The summed E-state index contributed by atoms with van der Waals surface area (Å²) in [6.07, 6.45) is 28.1. The maximum Gasteiger partial charge on any atom is 0.00763 e. The Morgan fingerprint density at radius 1 is 0.850 bits per heavy atom. The summed E-state index contributed by atoms with van der Waals surface area (Å²) < 4.78 is 0. The summed E-state index contributed by atoms with van der Waals surface area (Å²) in [5.74, 6) is 13.4. The zero-order valence-corrected chi connectivity index (χ0v) is 27.2. The Balaban J connectivity index is 1.90. The normalized spacial score (nSPS) is 23.4. The third kappa shape index (κ3) is 11.3. The monoisotopic (exact) mass is 534 g/mol. The predicted molar refractivity (Wildman–Crippen MR) is 179 cm³/mol. The Bertz CT molecular complexity index is 1260. The molecular formula is C40H54. The molecule has 0 aromatic rings. The Morgan fingerprint density at radius 2 is 1.55 bits per heavy atom. The third-order valence-electron chi connectivity index (χ3n) is 8.43. The molecule has 0 saturated heterocycles. The molecule has 1 fully saturated rings. The van der Waals surface area contributed by atoms with E-state index in [1.165, 1.54) is 60.8 Å². The van der Waals surface area contributed by atoms with Gasteiger partial charge in [0.1, 0.15) is 0 Å². The van der Waals surface area contributed by atoms with Gasteiger partial charge in [-0.1, -0.05) is 123 Å². The molecule has 0 aromatic carbocycles. The van der Waals surface area contributed by atoms with E-state index < -0.39 is 0 Å². The number of hydrogen-bond donors (Lipinski definition) is 0. The predicted octanol–water partition coefficient (Wildman–Crippen LogP) is 11.6. The second kappa shape index (κ2) is 15.7. The van der Waals surface area contributed by atoms with E-state index in [4.69, 9.17) is 0 Å². The lowest BCUT2D eigenvalue weighted by atomic mass is 9.68. The highest BCUT2D eigenvalue weighted by molar-refractivity contribution is 5.40. The minimum Gasteiger partial charge on any atom is -0.0804 e. The molecule has 0 amide bonds. The molecule has 1 unspecified atom stereocenters. The summed E-state index contributed by atoms with van der Waals surface area (Å²) in [5.41, 5.74) is 9.96. The van der Waals surface area contributed by atoms with Gasteiger partial charge in [-0.3, -0.25) is 0 Å². The van der Waals surface area contributed by atoms with E-state index in [1.807, 2.05) is 19.1 Å². The van der Waals surface area contributed by atoms with Crippen LogP contribution in [0, 0.1) is 40.4 Å². The van der Waals surface area contributed by atoms with E-state index in [9.17, 15) is 0 Å². The van der Waals surface area contributed by atoms with Gasteiger partial charge in [-0.2, -0.15) is 0 Å². The van der Waals surface area contributed by atoms with Crippen molar-refractivity contribution in [2.45, 2.75) is 114 Å². The largest absolute Gasteiger partial charge is 0.0804 e. The van der Waals surface area contributed by atoms with E-state index in [1.54, 1.807) is 5.57 Å². The van der Waals surface area contributed by atoms with E-state index in [0.717, 1.165) is 17.6 Å². The standard InChI is InChI=1S/C40H54/c1-31(19-13-21-33(3)25-27-37-35(5)23-15-29-39(37,7)8)17-11-12-18-32(2)20-14-22-34(4)26-28-38-36(6)24-16-30-40(38,9)10/h13,17-19,21-22,25,27-28,36H,15-16,23-24,26,29-30H2,1-10H3/b19-13+,27-25+,31-17+,32-18+,33-21+,34-22-,38-28-. The molecule has 0 heteroatoms. The van der Waals surface area contributed by atoms with Crippen molar-refractivity contribution in [1.82, 2.24) is 0 Å². The molecule has 2 rings (SSSR count). The molecule has 0 aromatic heterocycles. The first-order valence-corrected chi connectivity index (χ1v) is 15.3. The van der Waals surface area contributed by atoms with Crippen LogP contribution in [0.5, 0.6) is 0 Å². The first-order valence-electron chi connectivity index (χ1n) is 15.3. The molecule has 0 nitrogen and oxygen atoms in total. The highest BCUT2D eigenvalue weighted by Gasteiger charge is 2.30. The van der Waals surface area contributed by atoms with E-state index in [-0.39, 0.29) is 5.41 Å². The molecule has 1 saturated carbocycles. The van der Waals surface area contributed by atoms with Crippen LogP contribution in [0.4, 0.5) is 0 Å². The first-order chi connectivity index (χ1) is 18.8. The molecular weight excluding hydrogens is 480 g/mol. The average molecular weight is 535 g/mol. The van der Waals surface area contributed by atoms with Gasteiger partial charge in [0.05, 0.1) is 0 Å². The molecule has 0 aliphatic heterocycles. The van der Waals surface area contributed by atoms with Crippen LogP contribution in [-0.4, -0.2) is 0 Å². The van der Waals surface area contributed by atoms with Gasteiger partial charge < -0.3 is 0 Å². The molecule has 214 valence electrons. The molecule has 1 atom stereocenters. The Hall–Kier alpha value is -2.96. The number of allylic oxidation sites excluding steroid dienone is 16. The summed E-state index contributed by atoms with van der Waals surface area (Å²) in [6, 6.07) is 0. The molecule has 2 aliphatic carbocycles. The van der Waals surface area contributed by atoms with Gasteiger partial charge >= 0.3 is 0 Å². The maximum absolute atomic E-state index is 3.21. The minimum absolute atomic E-state index is 0.281. The molecule has 0 radical (unpaired) electrons. The fraction of sp³-hybridized carbons (Fsp3) is 0.500. The smallest absolute Gasteiger partial charge is 0.00763 e. The first kappa shape index (κ1) is 33.2. The van der Waals surface area contributed by atoms with Crippen LogP contribution in [0.2, 0.25) is 0 Å². The number of rotatable bonds is 6. The Labute approximate surface area is 247 Å². The van der Waals surface area contributed by atoms with Crippen LogP contribution in [0.1, 0.15) is 114 Å². The van der Waals surface area contributed by atoms with Gasteiger partial charge in [0.2, 0.25) is 0 Å². The molecule has 0 N–H and O–H groups in total. The Kier molecular flexibility index (Phi) is 13.1. The van der Waals surface area contributed by atoms with Gasteiger partial charge in [-0.05, 0) is 119 Å². The molecule has 40 heavy (non-hydrogen) atoms. The van der Waals surface area contributed by atoms with Gasteiger partial charge in [0, 0.05) is 5.57 Å². The van der Waals surface area contributed by atoms with Crippen LogP contribution in [0.3, 0.4) is 0 Å². The van der Waals surface area contributed by atoms with Crippen molar-refractivity contribution >= 4 is 0 Å². The molecule has 2 aliphatic rings. The second-order valence-electron chi connectivity index (χ2n) is 13.3. The zero-order valence-electron chi connectivity index (χ0n) is 27.2. The van der Waals surface area contributed by atoms with Crippen LogP contribution < -0.4 is 0 Å². The van der Waals surface area contributed by atoms with Gasteiger partial charge in [0.25, 0.3) is 0 Å². The van der Waals surface area contributed by atoms with E-state index in [2.05, 4.69) is 129 Å². The summed E-state index contributed by atoms with van der Waals surface area (Å²) >= 11 is 0. The van der Waals surface area contributed by atoms with E-state index >= 15 is 0 Å². The van der Waals surface area contributed by atoms with Crippen molar-refractivity contribution in [3.8, 4) is 23.7 Å². The summed E-state index contributed by atoms with van der Waals surface area (Å²) in [5, 5.41) is 0. The Morgan fingerprint density at radius 3 is 2.25 bits per heavy atom. The van der Waals surface area contributed by atoms with E-state index in [0.29, 0.717) is 11.3 Å². The lowest BCUT2D eigenvalue weighted by molar-refractivity contribution is 0.288. The maximum atomic E-state index is 3.21. The zero-order chi connectivity index (χ0) is 29.8. The van der Waals surface area contributed by atoms with Crippen molar-refractivity contribution in [3.05, 3.63) is 93.7 Å². The molecule has 0 bridgehead atoms. The van der Waals surface area contributed by atoms with Crippen LogP contribution in [-0.2, 0) is 0 Å². The fourth-order valence-corrected chi connectivity index (χ4v) is 5.92. The van der Waals surface area contributed by atoms with Gasteiger partial charge in [-0.15, -0.1) is 0 Å².